The molecule has 0 atom stereocenters. The summed E-state index contributed by atoms with van der Waals surface area (Å²) in [6, 6.07) is 7.58. The Morgan fingerprint density at radius 1 is 1.00 bits per heavy atom. The molecule has 104 valence electrons. The van der Waals surface area contributed by atoms with Gasteiger partial charge in [0.25, 0.3) is 0 Å². The lowest BCUT2D eigenvalue weighted by Gasteiger charge is -2.09. The highest BCUT2D eigenvalue weighted by molar-refractivity contribution is 6.30. The Hall–Kier alpha value is -2.20. The van der Waals surface area contributed by atoms with E-state index in [-0.39, 0.29) is 22.8 Å². The maximum absolute atomic E-state index is 12.0. The van der Waals surface area contributed by atoms with Gasteiger partial charge >= 0.3 is 5.97 Å². The standard InChI is InChI=1S/C15H13ClO4/c1-8-3-10(16)7-11(4-8)20-15(19)14-12(17)5-9(2)6-13(14)18/h3-7,17-18H,1-2H3. The zero-order valence-electron chi connectivity index (χ0n) is 11.0. The summed E-state index contributed by atoms with van der Waals surface area (Å²) in [7, 11) is 0. The molecule has 0 aliphatic heterocycles. The Balaban J connectivity index is 2.33. The minimum Gasteiger partial charge on any atom is -0.507 e. The summed E-state index contributed by atoms with van der Waals surface area (Å²) in [4.78, 5) is 12.0. The fraction of sp³-hybridized carbons (Fsp3) is 0.133. The fourth-order valence-electron chi connectivity index (χ4n) is 1.88. The first-order chi connectivity index (χ1) is 9.36. The lowest BCUT2D eigenvalue weighted by Crippen LogP contribution is -2.09. The van der Waals surface area contributed by atoms with Crippen LogP contribution in [0.5, 0.6) is 17.2 Å². The van der Waals surface area contributed by atoms with Crippen molar-refractivity contribution in [3.8, 4) is 17.2 Å². The molecule has 20 heavy (non-hydrogen) atoms. The van der Waals surface area contributed by atoms with Crippen molar-refractivity contribution >= 4 is 17.6 Å². The molecule has 2 aromatic rings. The number of halogens is 1. The third kappa shape index (κ3) is 3.03. The largest absolute Gasteiger partial charge is 0.507 e. The van der Waals surface area contributed by atoms with Gasteiger partial charge in [-0.1, -0.05) is 11.6 Å². The number of hydrogen-bond acceptors (Lipinski definition) is 4. The highest BCUT2D eigenvalue weighted by atomic mass is 35.5. The Kier molecular flexibility index (Phi) is 3.86. The molecule has 5 heteroatoms. The number of aromatic hydroxyl groups is 2. The SMILES string of the molecule is Cc1cc(Cl)cc(OC(=O)c2c(O)cc(C)cc2O)c1. The van der Waals surface area contributed by atoms with Crippen LogP contribution in [0.2, 0.25) is 5.02 Å². The van der Waals surface area contributed by atoms with Crippen LogP contribution < -0.4 is 4.74 Å². The van der Waals surface area contributed by atoms with E-state index in [1.165, 1.54) is 18.2 Å². The number of esters is 1. The van der Waals surface area contributed by atoms with Gasteiger partial charge in [0.05, 0.1) is 0 Å². The molecule has 0 radical (unpaired) electrons. The van der Waals surface area contributed by atoms with Crippen LogP contribution in [-0.2, 0) is 0 Å². The van der Waals surface area contributed by atoms with Crippen molar-refractivity contribution in [1.82, 2.24) is 0 Å². The van der Waals surface area contributed by atoms with Crippen LogP contribution in [0.1, 0.15) is 21.5 Å². The lowest BCUT2D eigenvalue weighted by atomic mass is 10.1. The maximum Gasteiger partial charge on any atom is 0.351 e. The van der Waals surface area contributed by atoms with Gasteiger partial charge in [-0.25, -0.2) is 4.79 Å². The van der Waals surface area contributed by atoms with Crippen molar-refractivity contribution in [3.05, 3.63) is 52.0 Å². The molecule has 0 aliphatic rings. The second kappa shape index (κ2) is 5.43. The summed E-state index contributed by atoms with van der Waals surface area (Å²) in [5.74, 6) is -1.25. The molecular weight excluding hydrogens is 280 g/mol. The van der Waals surface area contributed by atoms with Crippen molar-refractivity contribution in [1.29, 1.82) is 0 Å². The third-order valence-electron chi connectivity index (χ3n) is 2.67. The number of benzene rings is 2. The first-order valence-electron chi connectivity index (χ1n) is 5.89. The summed E-state index contributed by atoms with van der Waals surface area (Å²) in [5.41, 5.74) is 1.20. The highest BCUT2D eigenvalue weighted by Crippen LogP contribution is 2.30. The van der Waals surface area contributed by atoms with Crippen LogP contribution in [0.4, 0.5) is 0 Å². The van der Waals surface area contributed by atoms with E-state index in [4.69, 9.17) is 16.3 Å². The molecule has 0 aromatic heterocycles. The number of carbonyl (C=O) groups is 1. The number of rotatable bonds is 2. The molecule has 0 saturated carbocycles. The van der Waals surface area contributed by atoms with E-state index in [0.29, 0.717) is 10.6 Å². The van der Waals surface area contributed by atoms with Crippen LogP contribution in [0.15, 0.2) is 30.3 Å². The van der Waals surface area contributed by atoms with E-state index in [1.54, 1.807) is 19.1 Å². The Labute approximate surface area is 121 Å². The monoisotopic (exact) mass is 292 g/mol. The third-order valence-corrected chi connectivity index (χ3v) is 2.89. The van der Waals surface area contributed by atoms with Gasteiger partial charge in [-0.3, -0.25) is 0 Å². The van der Waals surface area contributed by atoms with Crippen LogP contribution in [0.3, 0.4) is 0 Å². The number of aryl methyl sites for hydroxylation is 2. The summed E-state index contributed by atoms with van der Waals surface area (Å²) in [6.07, 6.45) is 0. The molecule has 4 nitrogen and oxygen atoms in total. The second-order valence-corrected chi connectivity index (χ2v) is 4.97. The quantitative estimate of drug-likeness (QED) is 0.656. The predicted molar refractivity (Wildman–Crippen MR) is 75.7 cm³/mol. The van der Waals surface area contributed by atoms with Crippen molar-refractivity contribution in [2.45, 2.75) is 13.8 Å². The Bertz CT molecular complexity index is 636. The van der Waals surface area contributed by atoms with Gasteiger partial charge in [-0.05, 0) is 55.3 Å². The molecule has 0 fully saturated rings. The molecule has 0 saturated heterocycles. The second-order valence-electron chi connectivity index (χ2n) is 4.53. The van der Waals surface area contributed by atoms with Gasteiger partial charge in [0.15, 0.2) is 0 Å². The molecule has 0 spiro atoms. The van der Waals surface area contributed by atoms with Gasteiger partial charge in [0.2, 0.25) is 0 Å². The van der Waals surface area contributed by atoms with E-state index >= 15 is 0 Å². The summed E-state index contributed by atoms with van der Waals surface area (Å²) in [5, 5.41) is 19.9. The average molecular weight is 293 g/mol. The van der Waals surface area contributed by atoms with Crippen molar-refractivity contribution < 1.29 is 19.7 Å². The average Bonchev–Trinajstić information content (AvgIpc) is 2.25. The number of hydrogen-bond donors (Lipinski definition) is 2. The molecule has 0 unspecified atom stereocenters. The summed E-state index contributed by atoms with van der Waals surface area (Å²) >= 11 is 5.87. The van der Waals surface area contributed by atoms with E-state index in [2.05, 4.69) is 0 Å². The zero-order chi connectivity index (χ0) is 14.9. The van der Waals surface area contributed by atoms with E-state index < -0.39 is 5.97 Å². The topological polar surface area (TPSA) is 66.8 Å². The van der Waals surface area contributed by atoms with Crippen LogP contribution in [0, 0.1) is 13.8 Å². The smallest absolute Gasteiger partial charge is 0.351 e. The molecular formula is C15H13ClO4. The lowest BCUT2D eigenvalue weighted by molar-refractivity contribution is 0.0728. The van der Waals surface area contributed by atoms with E-state index in [1.807, 2.05) is 6.92 Å². The summed E-state index contributed by atoms with van der Waals surface area (Å²) < 4.78 is 5.12. The molecule has 0 heterocycles. The van der Waals surface area contributed by atoms with E-state index in [9.17, 15) is 15.0 Å². The first-order valence-corrected chi connectivity index (χ1v) is 6.26. The molecule has 0 aliphatic carbocycles. The maximum atomic E-state index is 12.0. The van der Waals surface area contributed by atoms with Crippen molar-refractivity contribution in [3.63, 3.8) is 0 Å². The van der Waals surface area contributed by atoms with Crippen LogP contribution in [-0.4, -0.2) is 16.2 Å². The van der Waals surface area contributed by atoms with Gasteiger partial charge in [0.1, 0.15) is 22.8 Å². The number of ether oxygens (including phenoxy) is 1. The fourth-order valence-corrected chi connectivity index (χ4v) is 2.16. The normalized spacial score (nSPS) is 10.3. The van der Waals surface area contributed by atoms with Crippen LogP contribution in [0.25, 0.3) is 0 Å². The Morgan fingerprint density at radius 3 is 2.10 bits per heavy atom. The first kappa shape index (κ1) is 14.2. The Morgan fingerprint density at radius 2 is 1.55 bits per heavy atom. The summed E-state index contributed by atoms with van der Waals surface area (Å²) in [6.45, 7) is 3.50. The number of phenols is 2. The van der Waals surface area contributed by atoms with Crippen LogP contribution >= 0.6 is 11.6 Å². The highest BCUT2D eigenvalue weighted by Gasteiger charge is 2.19. The molecule has 2 rings (SSSR count). The van der Waals surface area contributed by atoms with Gasteiger partial charge in [0, 0.05) is 5.02 Å². The van der Waals surface area contributed by atoms with Gasteiger partial charge in [-0.15, -0.1) is 0 Å². The minimum absolute atomic E-state index is 0.249. The molecule has 0 bridgehead atoms. The number of phenolic OH excluding ortho intramolecular Hbond substituents is 2. The minimum atomic E-state index is -0.846. The molecule has 2 aromatic carbocycles. The molecule has 2 N–H and O–H groups in total. The van der Waals surface area contributed by atoms with Crippen molar-refractivity contribution in [2.24, 2.45) is 0 Å². The van der Waals surface area contributed by atoms with Gasteiger partial charge < -0.3 is 14.9 Å². The van der Waals surface area contributed by atoms with Gasteiger partial charge in [-0.2, -0.15) is 0 Å². The van der Waals surface area contributed by atoms with E-state index in [0.717, 1.165) is 5.56 Å². The number of carbonyl (C=O) groups excluding carboxylic acids is 1. The molecule has 0 amide bonds. The van der Waals surface area contributed by atoms with Crippen molar-refractivity contribution in [2.75, 3.05) is 0 Å². The predicted octanol–water partition coefficient (Wildman–Crippen LogP) is 3.59. The zero-order valence-corrected chi connectivity index (χ0v) is 11.7.